The number of aryl methyl sites for hydroxylation is 1. The second-order valence-electron chi connectivity index (χ2n) is 6.87. The van der Waals surface area contributed by atoms with Crippen molar-refractivity contribution in [1.82, 2.24) is 0 Å². The van der Waals surface area contributed by atoms with E-state index in [1.807, 2.05) is 6.92 Å². The Labute approximate surface area is 158 Å². The van der Waals surface area contributed by atoms with Gasteiger partial charge in [-0.2, -0.15) is 0 Å². The Kier molecular flexibility index (Phi) is 5.15. The third kappa shape index (κ3) is 3.64. The molecule has 0 heterocycles. The first-order chi connectivity index (χ1) is 12.7. The molecule has 0 bridgehead atoms. The van der Waals surface area contributed by atoms with E-state index >= 15 is 0 Å². The number of aromatic hydroxyl groups is 1. The molecule has 1 aliphatic rings. The number of rotatable bonds is 5. The average Bonchev–Trinajstić information content (AvgIpc) is 2.64. The first-order valence-corrected chi connectivity index (χ1v) is 10.3. The third-order valence-electron chi connectivity index (χ3n) is 4.94. The third-order valence-corrected chi connectivity index (χ3v) is 7.30. The second-order valence-corrected chi connectivity index (χ2v) is 9.10. The number of hydrogen-bond donors (Lipinski definition) is 2. The van der Waals surface area contributed by atoms with Gasteiger partial charge in [0.2, 0.25) is 14.8 Å². The fourth-order valence-electron chi connectivity index (χ4n) is 3.41. The Morgan fingerprint density at radius 3 is 2.26 bits per heavy atom. The molecule has 27 heavy (non-hydrogen) atoms. The van der Waals surface area contributed by atoms with Crippen LogP contribution < -0.4 is 4.74 Å². The first-order valence-electron chi connectivity index (χ1n) is 8.82. The van der Waals surface area contributed by atoms with Crippen LogP contribution in [0.15, 0.2) is 47.4 Å². The topological polar surface area (TPSA) is 101 Å². The standard InChI is InChI=1S/C20H22O6S/c1-14-5-8-16(9-6-14)27(24,25)20(11-3-2-4-12-20)26-15-7-10-18(21)17(13-15)19(22)23/h5-10,13,21H,2-4,11-12H2,1H3,(H,22,23). The molecule has 6 nitrogen and oxygen atoms in total. The van der Waals surface area contributed by atoms with E-state index in [2.05, 4.69) is 0 Å². The highest BCUT2D eigenvalue weighted by Gasteiger charge is 2.48. The normalized spacial score (nSPS) is 16.6. The average molecular weight is 390 g/mol. The van der Waals surface area contributed by atoms with E-state index in [9.17, 15) is 23.4 Å². The van der Waals surface area contributed by atoms with Gasteiger partial charge in [0, 0.05) is 12.8 Å². The van der Waals surface area contributed by atoms with Crippen LogP contribution >= 0.6 is 0 Å². The first kappa shape index (κ1) is 19.2. The number of sulfone groups is 1. The summed E-state index contributed by atoms with van der Waals surface area (Å²) in [5.41, 5.74) is 0.628. The fraction of sp³-hybridized carbons (Fsp3) is 0.350. The summed E-state index contributed by atoms with van der Waals surface area (Å²) in [7, 11) is -3.81. The van der Waals surface area contributed by atoms with Gasteiger partial charge in [0.1, 0.15) is 17.1 Å². The SMILES string of the molecule is Cc1ccc(S(=O)(=O)C2(Oc3ccc(O)c(C(=O)O)c3)CCCCC2)cc1. The maximum Gasteiger partial charge on any atom is 0.339 e. The summed E-state index contributed by atoms with van der Waals surface area (Å²) in [6.07, 6.45) is 2.98. The predicted molar refractivity (Wildman–Crippen MR) is 99.9 cm³/mol. The highest BCUT2D eigenvalue weighted by Crippen LogP contribution is 2.41. The number of aromatic carboxylic acids is 1. The molecule has 2 aromatic carbocycles. The van der Waals surface area contributed by atoms with Gasteiger partial charge in [-0.3, -0.25) is 0 Å². The molecule has 0 amide bonds. The fourth-order valence-corrected chi connectivity index (χ4v) is 5.37. The summed E-state index contributed by atoms with van der Waals surface area (Å²) in [6.45, 7) is 1.88. The van der Waals surface area contributed by atoms with Gasteiger partial charge in [0.25, 0.3) is 0 Å². The van der Waals surface area contributed by atoms with Crippen molar-refractivity contribution < 1.29 is 28.2 Å². The summed E-state index contributed by atoms with van der Waals surface area (Å²) in [4.78, 5) is 10.00. The Morgan fingerprint density at radius 2 is 1.67 bits per heavy atom. The summed E-state index contributed by atoms with van der Waals surface area (Å²) in [5.74, 6) is -1.59. The van der Waals surface area contributed by atoms with E-state index in [0.717, 1.165) is 12.0 Å². The predicted octanol–water partition coefficient (Wildman–Crippen LogP) is 3.91. The summed E-state index contributed by atoms with van der Waals surface area (Å²) >= 11 is 0. The van der Waals surface area contributed by atoms with Crippen LogP contribution in [0.25, 0.3) is 0 Å². The maximum atomic E-state index is 13.4. The lowest BCUT2D eigenvalue weighted by Crippen LogP contribution is -2.46. The van der Waals surface area contributed by atoms with E-state index in [4.69, 9.17) is 4.74 Å². The van der Waals surface area contributed by atoms with Crippen molar-refractivity contribution in [3.63, 3.8) is 0 Å². The number of ether oxygens (including phenoxy) is 1. The zero-order valence-corrected chi connectivity index (χ0v) is 15.8. The molecular weight excluding hydrogens is 368 g/mol. The zero-order valence-electron chi connectivity index (χ0n) is 15.0. The molecule has 0 unspecified atom stereocenters. The van der Waals surface area contributed by atoms with E-state index in [1.54, 1.807) is 24.3 Å². The van der Waals surface area contributed by atoms with Crippen molar-refractivity contribution >= 4 is 15.8 Å². The molecule has 0 atom stereocenters. The van der Waals surface area contributed by atoms with Crippen LogP contribution in [0, 0.1) is 6.92 Å². The largest absolute Gasteiger partial charge is 0.507 e. The van der Waals surface area contributed by atoms with Gasteiger partial charge in [-0.15, -0.1) is 0 Å². The summed E-state index contributed by atoms with van der Waals surface area (Å²) in [5, 5.41) is 18.9. The van der Waals surface area contributed by atoms with Gasteiger partial charge >= 0.3 is 5.97 Å². The molecule has 1 aliphatic carbocycles. The number of phenols is 1. The Bertz CT molecular complexity index is 941. The zero-order chi connectivity index (χ0) is 19.7. The number of carboxylic acid groups (broad SMARTS) is 1. The molecule has 0 aromatic heterocycles. The smallest absolute Gasteiger partial charge is 0.339 e. The minimum absolute atomic E-state index is 0.114. The van der Waals surface area contributed by atoms with Crippen LogP contribution in [0.3, 0.4) is 0 Å². The molecular formula is C20H22O6S. The molecule has 0 aliphatic heterocycles. The number of carboxylic acids is 1. The highest BCUT2D eigenvalue weighted by atomic mass is 32.2. The monoisotopic (exact) mass is 390 g/mol. The van der Waals surface area contributed by atoms with Crippen molar-refractivity contribution in [3.8, 4) is 11.5 Å². The molecule has 0 radical (unpaired) electrons. The molecule has 144 valence electrons. The van der Waals surface area contributed by atoms with Gasteiger partial charge in [0.15, 0.2) is 0 Å². The van der Waals surface area contributed by atoms with E-state index in [-0.39, 0.29) is 16.2 Å². The van der Waals surface area contributed by atoms with Crippen LogP contribution in [0.5, 0.6) is 11.5 Å². The summed E-state index contributed by atoms with van der Waals surface area (Å²) < 4.78 is 32.8. The molecule has 0 spiro atoms. The van der Waals surface area contributed by atoms with Crippen molar-refractivity contribution in [2.75, 3.05) is 0 Å². The highest BCUT2D eigenvalue weighted by molar-refractivity contribution is 7.92. The van der Waals surface area contributed by atoms with Gasteiger partial charge in [-0.25, -0.2) is 13.2 Å². The second kappa shape index (κ2) is 7.23. The quantitative estimate of drug-likeness (QED) is 0.803. The van der Waals surface area contributed by atoms with E-state index < -0.39 is 26.5 Å². The minimum atomic E-state index is -3.81. The molecule has 0 saturated heterocycles. The molecule has 2 aromatic rings. The minimum Gasteiger partial charge on any atom is -0.507 e. The Hall–Kier alpha value is -2.54. The lowest BCUT2D eigenvalue weighted by molar-refractivity contribution is 0.0691. The number of carbonyl (C=O) groups is 1. The number of hydrogen-bond acceptors (Lipinski definition) is 5. The van der Waals surface area contributed by atoms with Crippen molar-refractivity contribution in [2.24, 2.45) is 0 Å². The van der Waals surface area contributed by atoms with Crippen LogP contribution in [-0.4, -0.2) is 29.5 Å². The van der Waals surface area contributed by atoms with Crippen LogP contribution in [0.4, 0.5) is 0 Å². The van der Waals surface area contributed by atoms with Crippen molar-refractivity contribution in [3.05, 3.63) is 53.6 Å². The summed E-state index contributed by atoms with van der Waals surface area (Å²) in [6, 6.07) is 10.4. The number of benzene rings is 2. The van der Waals surface area contributed by atoms with Gasteiger partial charge in [-0.1, -0.05) is 24.1 Å². The van der Waals surface area contributed by atoms with E-state index in [0.29, 0.717) is 25.7 Å². The van der Waals surface area contributed by atoms with Crippen molar-refractivity contribution in [1.29, 1.82) is 0 Å². The Morgan fingerprint density at radius 1 is 1.04 bits per heavy atom. The van der Waals surface area contributed by atoms with Crippen LogP contribution in [-0.2, 0) is 9.84 Å². The molecule has 2 N–H and O–H groups in total. The lowest BCUT2D eigenvalue weighted by atomic mass is 9.97. The van der Waals surface area contributed by atoms with E-state index in [1.165, 1.54) is 18.2 Å². The van der Waals surface area contributed by atoms with Gasteiger partial charge < -0.3 is 14.9 Å². The Balaban J connectivity index is 2.04. The maximum absolute atomic E-state index is 13.4. The molecule has 1 saturated carbocycles. The van der Waals surface area contributed by atoms with Crippen LogP contribution in [0.2, 0.25) is 0 Å². The molecule has 1 fully saturated rings. The lowest BCUT2D eigenvalue weighted by Gasteiger charge is -2.37. The molecule has 3 rings (SSSR count). The van der Waals surface area contributed by atoms with Crippen molar-refractivity contribution in [2.45, 2.75) is 48.9 Å². The van der Waals surface area contributed by atoms with Gasteiger partial charge in [0.05, 0.1) is 4.90 Å². The molecule has 7 heteroatoms. The van der Waals surface area contributed by atoms with Gasteiger partial charge in [-0.05, 0) is 50.1 Å². The van der Waals surface area contributed by atoms with Crippen LogP contribution in [0.1, 0.15) is 48.0 Å².